The first-order chi connectivity index (χ1) is 15.5. The zero-order chi connectivity index (χ0) is 22.2. The molecule has 4 aromatic rings. The van der Waals surface area contributed by atoms with Crippen LogP contribution in [0.25, 0.3) is 17.4 Å². The van der Waals surface area contributed by atoms with Gasteiger partial charge in [0, 0.05) is 19.1 Å². The lowest BCUT2D eigenvalue weighted by atomic mass is 10.2. The Labute approximate surface area is 191 Å². The van der Waals surface area contributed by atoms with Crippen LogP contribution in [-0.4, -0.2) is 53.6 Å². The van der Waals surface area contributed by atoms with Gasteiger partial charge in [-0.15, -0.1) is 5.10 Å². The Bertz CT molecular complexity index is 1260. The van der Waals surface area contributed by atoms with Crippen LogP contribution in [-0.2, 0) is 6.54 Å². The van der Waals surface area contributed by atoms with E-state index in [2.05, 4.69) is 35.3 Å². The molecule has 1 saturated heterocycles. The van der Waals surface area contributed by atoms with Crippen molar-refractivity contribution >= 4 is 40.9 Å². The first-order valence-corrected chi connectivity index (χ1v) is 10.7. The Kier molecular flexibility index (Phi) is 5.53. The van der Waals surface area contributed by atoms with Crippen LogP contribution in [0.15, 0.2) is 28.9 Å². The van der Waals surface area contributed by atoms with Crippen LogP contribution in [0.2, 0.25) is 10.2 Å². The van der Waals surface area contributed by atoms with Crippen LogP contribution in [0.3, 0.4) is 0 Å². The number of aromatic nitrogens is 6. The molecule has 32 heavy (non-hydrogen) atoms. The molecule has 13 heteroatoms. The molecule has 1 aliphatic heterocycles. The molecule has 1 unspecified atom stereocenters. The molecule has 0 bridgehead atoms. The molecule has 0 aromatic carbocycles. The molecule has 0 spiro atoms. The maximum Gasteiger partial charge on any atom is 0.259 e. The SMILES string of the molecule is Nc1nc(NCC2CCCN2Cc2nc(Cl)c(F)cc2Cl)nc2nc(-c3ccco3)nn12. The summed E-state index contributed by atoms with van der Waals surface area (Å²) in [5.41, 5.74) is 6.58. The normalized spacial score (nSPS) is 16.8. The minimum absolute atomic E-state index is 0.156. The monoisotopic (exact) mass is 477 g/mol. The summed E-state index contributed by atoms with van der Waals surface area (Å²) in [5.74, 6) is 1.07. The first kappa shape index (κ1) is 20.9. The largest absolute Gasteiger partial charge is 0.461 e. The first-order valence-electron chi connectivity index (χ1n) is 9.90. The summed E-state index contributed by atoms with van der Waals surface area (Å²) >= 11 is 12.0. The number of anilines is 2. The minimum atomic E-state index is -0.631. The van der Waals surface area contributed by atoms with E-state index >= 15 is 0 Å². The van der Waals surface area contributed by atoms with Gasteiger partial charge in [-0.3, -0.25) is 4.90 Å². The van der Waals surface area contributed by atoms with Crippen molar-refractivity contribution in [3.05, 3.63) is 46.1 Å². The Morgan fingerprint density at radius 2 is 2.12 bits per heavy atom. The number of hydrogen-bond acceptors (Lipinski definition) is 9. The number of hydrogen-bond donors (Lipinski definition) is 2. The predicted molar refractivity (Wildman–Crippen MR) is 117 cm³/mol. The third kappa shape index (κ3) is 4.06. The fraction of sp³-hybridized carbons (Fsp3) is 0.316. The van der Waals surface area contributed by atoms with Crippen LogP contribution in [0.5, 0.6) is 0 Å². The van der Waals surface area contributed by atoms with Gasteiger partial charge in [0.25, 0.3) is 5.78 Å². The zero-order valence-electron chi connectivity index (χ0n) is 16.7. The highest BCUT2D eigenvalue weighted by Crippen LogP contribution is 2.26. The number of fused-ring (bicyclic) bond motifs is 1. The van der Waals surface area contributed by atoms with E-state index in [4.69, 9.17) is 33.4 Å². The molecule has 4 aromatic heterocycles. The van der Waals surface area contributed by atoms with Crippen LogP contribution in [0, 0.1) is 5.82 Å². The molecule has 0 saturated carbocycles. The van der Waals surface area contributed by atoms with E-state index in [1.807, 2.05) is 0 Å². The van der Waals surface area contributed by atoms with Crippen LogP contribution >= 0.6 is 23.2 Å². The summed E-state index contributed by atoms with van der Waals surface area (Å²) in [6.45, 7) is 1.89. The van der Waals surface area contributed by atoms with Gasteiger partial charge in [0.15, 0.2) is 16.7 Å². The number of nitrogen functional groups attached to an aromatic ring is 1. The van der Waals surface area contributed by atoms with Crippen molar-refractivity contribution in [3.8, 4) is 11.6 Å². The molecular formula is C19H18Cl2FN9O. The van der Waals surface area contributed by atoms with E-state index in [-0.39, 0.29) is 22.2 Å². The van der Waals surface area contributed by atoms with E-state index in [1.54, 1.807) is 18.4 Å². The third-order valence-corrected chi connectivity index (χ3v) is 5.87. The molecule has 5 heterocycles. The maximum atomic E-state index is 13.5. The van der Waals surface area contributed by atoms with Crippen LogP contribution in [0.4, 0.5) is 16.3 Å². The summed E-state index contributed by atoms with van der Waals surface area (Å²) in [7, 11) is 0. The van der Waals surface area contributed by atoms with Gasteiger partial charge in [-0.1, -0.05) is 23.2 Å². The van der Waals surface area contributed by atoms with E-state index in [0.29, 0.717) is 42.1 Å². The molecule has 3 N–H and O–H groups in total. The topological polar surface area (TPSA) is 123 Å². The van der Waals surface area contributed by atoms with Gasteiger partial charge >= 0.3 is 0 Å². The average Bonchev–Trinajstić information content (AvgIpc) is 3.51. The van der Waals surface area contributed by atoms with Crippen LogP contribution < -0.4 is 11.1 Å². The number of nitrogens with two attached hydrogens (primary N) is 1. The highest BCUT2D eigenvalue weighted by Gasteiger charge is 2.26. The van der Waals surface area contributed by atoms with Crippen molar-refractivity contribution in [3.63, 3.8) is 0 Å². The fourth-order valence-electron chi connectivity index (χ4n) is 3.72. The van der Waals surface area contributed by atoms with Gasteiger partial charge in [0.05, 0.1) is 17.0 Å². The zero-order valence-corrected chi connectivity index (χ0v) is 18.2. The molecule has 166 valence electrons. The highest BCUT2D eigenvalue weighted by molar-refractivity contribution is 6.32. The molecular weight excluding hydrogens is 460 g/mol. The van der Waals surface area contributed by atoms with Crippen molar-refractivity contribution in [2.24, 2.45) is 0 Å². The second-order valence-corrected chi connectivity index (χ2v) is 8.13. The van der Waals surface area contributed by atoms with E-state index in [1.165, 1.54) is 10.6 Å². The lowest BCUT2D eigenvalue weighted by Crippen LogP contribution is -2.35. The number of likely N-dealkylation sites (tertiary alicyclic amines) is 1. The Hall–Kier alpha value is -3.02. The van der Waals surface area contributed by atoms with Gasteiger partial charge in [-0.25, -0.2) is 9.37 Å². The summed E-state index contributed by atoms with van der Waals surface area (Å²) in [6, 6.07) is 4.87. The van der Waals surface area contributed by atoms with Crippen molar-refractivity contribution in [2.75, 3.05) is 24.1 Å². The molecule has 10 nitrogen and oxygen atoms in total. The Morgan fingerprint density at radius 3 is 2.94 bits per heavy atom. The van der Waals surface area contributed by atoms with Gasteiger partial charge in [0.1, 0.15) is 0 Å². The Morgan fingerprint density at radius 1 is 1.25 bits per heavy atom. The average molecular weight is 478 g/mol. The second kappa shape index (κ2) is 8.49. The quantitative estimate of drug-likeness (QED) is 0.402. The van der Waals surface area contributed by atoms with Crippen LogP contribution in [0.1, 0.15) is 18.5 Å². The van der Waals surface area contributed by atoms with Crippen molar-refractivity contribution in [2.45, 2.75) is 25.4 Å². The predicted octanol–water partition coefficient (Wildman–Crippen LogP) is 3.28. The van der Waals surface area contributed by atoms with Gasteiger partial charge in [-0.2, -0.15) is 19.5 Å². The summed E-state index contributed by atoms with van der Waals surface area (Å²) in [5, 5.41) is 7.58. The molecule has 1 atom stereocenters. The molecule has 0 aliphatic carbocycles. The summed E-state index contributed by atoms with van der Waals surface area (Å²) < 4.78 is 20.2. The smallest absolute Gasteiger partial charge is 0.259 e. The van der Waals surface area contributed by atoms with E-state index in [9.17, 15) is 4.39 Å². The lowest BCUT2D eigenvalue weighted by Gasteiger charge is -2.24. The molecule has 0 amide bonds. The minimum Gasteiger partial charge on any atom is -0.461 e. The van der Waals surface area contributed by atoms with Gasteiger partial charge in [0.2, 0.25) is 17.7 Å². The summed E-state index contributed by atoms with van der Waals surface area (Å²) in [6.07, 6.45) is 3.52. The maximum absolute atomic E-state index is 13.5. The van der Waals surface area contributed by atoms with E-state index in [0.717, 1.165) is 19.4 Å². The molecule has 1 fully saturated rings. The Balaban J connectivity index is 1.30. The molecule has 1 aliphatic rings. The summed E-state index contributed by atoms with van der Waals surface area (Å²) in [4.78, 5) is 19.3. The third-order valence-electron chi connectivity index (χ3n) is 5.28. The van der Waals surface area contributed by atoms with E-state index < -0.39 is 5.82 Å². The van der Waals surface area contributed by atoms with Crippen molar-refractivity contribution in [1.29, 1.82) is 0 Å². The van der Waals surface area contributed by atoms with Gasteiger partial charge in [-0.05, 0) is 37.6 Å². The lowest BCUT2D eigenvalue weighted by molar-refractivity contribution is 0.251. The molecule has 0 radical (unpaired) electrons. The highest BCUT2D eigenvalue weighted by atomic mass is 35.5. The molecule has 5 rings (SSSR count). The fourth-order valence-corrected chi connectivity index (χ4v) is 4.08. The number of nitrogens with one attached hydrogen (secondary N) is 1. The number of pyridine rings is 1. The number of rotatable bonds is 6. The van der Waals surface area contributed by atoms with Gasteiger partial charge < -0.3 is 15.5 Å². The number of halogens is 3. The standard InChI is InChI=1S/C19H18Cl2FN9O/c20-11-7-12(22)15(21)25-13(11)9-30-5-1-3-10(30)8-24-18-27-17(23)31-19(28-18)26-16(29-31)14-4-2-6-32-14/h2,4,6-7,10H,1,3,5,8-9H2,(H3,23,24,26,27,28,29). The van der Waals surface area contributed by atoms with Crippen molar-refractivity contribution < 1.29 is 8.81 Å². The van der Waals surface area contributed by atoms with Crippen molar-refractivity contribution in [1.82, 2.24) is 34.4 Å². The second-order valence-electron chi connectivity index (χ2n) is 7.37. The number of furan rings is 1. The number of nitrogens with zero attached hydrogens (tertiary/aromatic N) is 7.